The van der Waals surface area contributed by atoms with E-state index in [-0.39, 0.29) is 0 Å². The summed E-state index contributed by atoms with van der Waals surface area (Å²) >= 11 is 2.31. The first-order valence-corrected chi connectivity index (χ1v) is 7.91. The standard InChI is InChI=1S/C15H20IN3O/c1-3-20-9-5-8-19-11-12(2)17-15(19)18-14-7-4-6-13(16)10-14/h4,6-7,10-11H,3,5,8-9H2,1-2H3,(H,17,18). The fourth-order valence-electron chi connectivity index (χ4n) is 1.99. The van der Waals surface area contributed by atoms with Crippen LogP contribution in [0.15, 0.2) is 30.5 Å². The fourth-order valence-corrected chi connectivity index (χ4v) is 2.54. The number of hydrogen-bond donors (Lipinski definition) is 1. The third kappa shape index (κ3) is 4.49. The lowest BCUT2D eigenvalue weighted by molar-refractivity contribution is 0.142. The van der Waals surface area contributed by atoms with Gasteiger partial charge < -0.3 is 14.6 Å². The van der Waals surface area contributed by atoms with E-state index in [1.54, 1.807) is 0 Å². The summed E-state index contributed by atoms with van der Waals surface area (Å²) < 4.78 is 8.74. The topological polar surface area (TPSA) is 39.1 Å². The maximum absolute atomic E-state index is 5.38. The van der Waals surface area contributed by atoms with Crippen LogP contribution in [0.25, 0.3) is 0 Å². The second-order valence-electron chi connectivity index (χ2n) is 4.59. The Morgan fingerprint density at radius 3 is 3.00 bits per heavy atom. The van der Waals surface area contributed by atoms with Crippen molar-refractivity contribution < 1.29 is 4.74 Å². The Morgan fingerprint density at radius 1 is 1.40 bits per heavy atom. The predicted octanol–water partition coefficient (Wildman–Crippen LogP) is 3.97. The van der Waals surface area contributed by atoms with Crippen molar-refractivity contribution in [2.75, 3.05) is 18.5 Å². The average Bonchev–Trinajstić information content (AvgIpc) is 2.75. The number of anilines is 2. The van der Waals surface area contributed by atoms with Crippen molar-refractivity contribution in [3.05, 3.63) is 39.7 Å². The van der Waals surface area contributed by atoms with Crippen LogP contribution in [-0.2, 0) is 11.3 Å². The molecule has 2 rings (SSSR count). The highest BCUT2D eigenvalue weighted by Gasteiger charge is 2.06. The zero-order valence-electron chi connectivity index (χ0n) is 11.9. The number of nitrogens with one attached hydrogen (secondary N) is 1. The summed E-state index contributed by atoms with van der Waals surface area (Å²) in [6.45, 7) is 6.50. The number of benzene rings is 1. The minimum absolute atomic E-state index is 0.774. The smallest absolute Gasteiger partial charge is 0.207 e. The zero-order valence-corrected chi connectivity index (χ0v) is 14.1. The van der Waals surface area contributed by atoms with Gasteiger partial charge in [-0.2, -0.15) is 0 Å². The summed E-state index contributed by atoms with van der Waals surface area (Å²) in [6.07, 6.45) is 3.06. The van der Waals surface area contributed by atoms with Gasteiger partial charge in [-0.1, -0.05) is 6.07 Å². The van der Waals surface area contributed by atoms with Crippen molar-refractivity contribution in [3.8, 4) is 0 Å². The average molecular weight is 385 g/mol. The van der Waals surface area contributed by atoms with E-state index in [9.17, 15) is 0 Å². The Kier molecular flexibility index (Phi) is 5.85. The summed E-state index contributed by atoms with van der Waals surface area (Å²) in [5.41, 5.74) is 2.09. The van der Waals surface area contributed by atoms with Crippen molar-refractivity contribution in [1.29, 1.82) is 0 Å². The number of nitrogens with zero attached hydrogens (tertiary/aromatic N) is 2. The third-order valence-electron chi connectivity index (χ3n) is 2.87. The van der Waals surface area contributed by atoms with E-state index in [4.69, 9.17) is 4.74 Å². The number of imidazole rings is 1. The van der Waals surface area contributed by atoms with Crippen LogP contribution in [0, 0.1) is 10.5 Å². The number of hydrogen-bond acceptors (Lipinski definition) is 3. The Morgan fingerprint density at radius 2 is 2.25 bits per heavy atom. The normalized spacial score (nSPS) is 10.8. The van der Waals surface area contributed by atoms with Gasteiger partial charge in [0.15, 0.2) is 0 Å². The van der Waals surface area contributed by atoms with E-state index in [1.165, 1.54) is 3.57 Å². The number of rotatable bonds is 7. The largest absolute Gasteiger partial charge is 0.382 e. The number of ether oxygens (including phenoxy) is 1. The van der Waals surface area contributed by atoms with Gasteiger partial charge in [0.1, 0.15) is 0 Å². The molecule has 108 valence electrons. The highest BCUT2D eigenvalue weighted by atomic mass is 127. The first-order valence-electron chi connectivity index (χ1n) is 6.83. The van der Waals surface area contributed by atoms with Gasteiger partial charge >= 0.3 is 0 Å². The molecule has 1 aromatic carbocycles. The van der Waals surface area contributed by atoms with Crippen molar-refractivity contribution in [1.82, 2.24) is 9.55 Å². The van der Waals surface area contributed by atoms with Gasteiger partial charge in [-0.15, -0.1) is 0 Å². The SMILES string of the molecule is CCOCCCn1cc(C)nc1Nc1cccc(I)c1. The maximum atomic E-state index is 5.38. The van der Waals surface area contributed by atoms with Crippen LogP contribution in [0.2, 0.25) is 0 Å². The molecule has 0 aliphatic heterocycles. The van der Waals surface area contributed by atoms with Crippen LogP contribution in [0.1, 0.15) is 19.0 Å². The second-order valence-corrected chi connectivity index (χ2v) is 5.83. The van der Waals surface area contributed by atoms with Crippen LogP contribution in [-0.4, -0.2) is 22.8 Å². The molecule has 0 atom stereocenters. The van der Waals surface area contributed by atoms with Crippen LogP contribution in [0.3, 0.4) is 0 Å². The van der Waals surface area contributed by atoms with Crippen LogP contribution >= 0.6 is 22.6 Å². The third-order valence-corrected chi connectivity index (χ3v) is 3.54. The van der Waals surface area contributed by atoms with Crippen LogP contribution in [0.5, 0.6) is 0 Å². The molecule has 0 saturated heterocycles. The summed E-state index contributed by atoms with van der Waals surface area (Å²) in [7, 11) is 0. The zero-order chi connectivity index (χ0) is 14.4. The molecule has 1 N–H and O–H groups in total. The molecular formula is C15H20IN3O. The Bertz CT molecular complexity index is 554. The first kappa shape index (κ1) is 15.3. The quantitative estimate of drug-likeness (QED) is 0.579. The van der Waals surface area contributed by atoms with Crippen LogP contribution < -0.4 is 5.32 Å². The maximum Gasteiger partial charge on any atom is 0.207 e. The molecule has 0 bridgehead atoms. The molecule has 0 fully saturated rings. The van der Waals surface area contributed by atoms with E-state index in [2.05, 4.69) is 61.9 Å². The second kappa shape index (κ2) is 7.64. The minimum atomic E-state index is 0.774. The number of aromatic nitrogens is 2. The van der Waals surface area contributed by atoms with Gasteiger partial charge in [0.2, 0.25) is 5.95 Å². The van der Waals surface area contributed by atoms with Crippen molar-refractivity contribution in [2.24, 2.45) is 0 Å². The molecule has 1 aromatic heterocycles. The highest BCUT2D eigenvalue weighted by molar-refractivity contribution is 14.1. The van der Waals surface area contributed by atoms with E-state index in [0.717, 1.165) is 43.5 Å². The molecule has 0 saturated carbocycles. The summed E-state index contributed by atoms with van der Waals surface area (Å²) in [5.74, 6) is 0.890. The van der Waals surface area contributed by atoms with Crippen molar-refractivity contribution in [3.63, 3.8) is 0 Å². The molecule has 0 radical (unpaired) electrons. The number of halogens is 1. The molecular weight excluding hydrogens is 365 g/mol. The van der Waals surface area contributed by atoms with E-state index < -0.39 is 0 Å². The first-order chi connectivity index (χ1) is 9.69. The monoisotopic (exact) mass is 385 g/mol. The Labute approximate surface area is 133 Å². The summed E-state index contributed by atoms with van der Waals surface area (Å²) in [4.78, 5) is 4.54. The lowest BCUT2D eigenvalue weighted by atomic mass is 10.3. The highest BCUT2D eigenvalue weighted by Crippen LogP contribution is 2.18. The van der Waals surface area contributed by atoms with E-state index >= 15 is 0 Å². The lowest BCUT2D eigenvalue weighted by Gasteiger charge is -2.10. The summed E-state index contributed by atoms with van der Waals surface area (Å²) in [6, 6.07) is 8.27. The van der Waals surface area contributed by atoms with Crippen molar-refractivity contribution in [2.45, 2.75) is 26.8 Å². The van der Waals surface area contributed by atoms with Gasteiger partial charge in [0.05, 0.1) is 5.69 Å². The van der Waals surface area contributed by atoms with E-state index in [1.807, 2.05) is 19.9 Å². The molecule has 2 aromatic rings. The van der Waals surface area contributed by atoms with E-state index in [0.29, 0.717) is 0 Å². The minimum Gasteiger partial charge on any atom is -0.382 e. The van der Waals surface area contributed by atoms with Gasteiger partial charge in [-0.25, -0.2) is 4.98 Å². The van der Waals surface area contributed by atoms with Crippen LogP contribution in [0.4, 0.5) is 11.6 Å². The molecule has 1 heterocycles. The lowest BCUT2D eigenvalue weighted by Crippen LogP contribution is -2.06. The molecule has 4 nitrogen and oxygen atoms in total. The summed E-state index contributed by atoms with van der Waals surface area (Å²) in [5, 5.41) is 3.38. The molecule has 0 aliphatic rings. The Balaban J connectivity index is 2.03. The molecule has 0 amide bonds. The van der Waals surface area contributed by atoms with Gasteiger partial charge in [-0.05, 0) is 61.1 Å². The molecule has 0 unspecified atom stereocenters. The Hall–Kier alpha value is -1.08. The molecule has 0 aliphatic carbocycles. The van der Waals surface area contributed by atoms with Gasteiger partial charge in [-0.3, -0.25) is 0 Å². The van der Waals surface area contributed by atoms with Gasteiger partial charge in [0, 0.05) is 35.2 Å². The molecule has 5 heteroatoms. The predicted molar refractivity (Wildman–Crippen MR) is 90.5 cm³/mol. The molecule has 20 heavy (non-hydrogen) atoms. The fraction of sp³-hybridized carbons (Fsp3) is 0.400. The molecule has 0 spiro atoms. The van der Waals surface area contributed by atoms with Gasteiger partial charge in [0.25, 0.3) is 0 Å². The number of aryl methyl sites for hydroxylation is 2. The van der Waals surface area contributed by atoms with Crippen molar-refractivity contribution >= 4 is 34.2 Å².